The third-order valence-corrected chi connectivity index (χ3v) is 4.03. The van der Waals surface area contributed by atoms with Gasteiger partial charge in [0.05, 0.1) is 13.2 Å². The summed E-state index contributed by atoms with van der Waals surface area (Å²) in [5, 5.41) is 0. The Morgan fingerprint density at radius 3 is 2.67 bits per heavy atom. The molecule has 2 fully saturated rings. The van der Waals surface area contributed by atoms with E-state index >= 15 is 0 Å². The number of nitrogens with two attached hydrogens (primary N) is 1. The van der Waals surface area contributed by atoms with E-state index in [0.717, 1.165) is 52.0 Å². The lowest BCUT2D eigenvalue weighted by atomic mass is 10.1. The van der Waals surface area contributed by atoms with Crippen molar-refractivity contribution < 1.29 is 9.53 Å². The second-order valence-electron chi connectivity index (χ2n) is 5.56. The summed E-state index contributed by atoms with van der Waals surface area (Å²) in [6.45, 7) is 5.00. The van der Waals surface area contributed by atoms with Crippen LogP contribution < -0.4 is 5.73 Å². The molecule has 0 aromatic heterocycles. The van der Waals surface area contributed by atoms with E-state index in [1.807, 2.05) is 4.90 Å². The highest BCUT2D eigenvalue weighted by molar-refractivity contribution is 5.78. The lowest BCUT2D eigenvalue weighted by Gasteiger charge is -2.30. The van der Waals surface area contributed by atoms with Gasteiger partial charge >= 0.3 is 0 Å². The topological polar surface area (TPSA) is 58.8 Å². The lowest BCUT2D eigenvalue weighted by Crippen LogP contribution is -2.45. The molecule has 0 saturated carbocycles. The molecular weight excluding hydrogens is 230 g/mol. The zero-order chi connectivity index (χ0) is 13.0. The fraction of sp³-hybridized carbons (Fsp3) is 0.923. The van der Waals surface area contributed by atoms with Gasteiger partial charge in [-0.1, -0.05) is 0 Å². The summed E-state index contributed by atoms with van der Waals surface area (Å²) in [5.74, 6) is 0.790. The Morgan fingerprint density at radius 2 is 2.00 bits per heavy atom. The Balaban J connectivity index is 1.72. The van der Waals surface area contributed by atoms with Crippen LogP contribution in [-0.4, -0.2) is 68.2 Å². The number of piperidine rings is 1. The fourth-order valence-electron chi connectivity index (χ4n) is 2.83. The third-order valence-electron chi connectivity index (χ3n) is 4.03. The van der Waals surface area contributed by atoms with Crippen molar-refractivity contribution in [2.45, 2.75) is 25.3 Å². The third kappa shape index (κ3) is 3.67. The van der Waals surface area contributed by atoms with Crippen molar-refractivity contribution in [2.24, 2.45) is 11.7 Å². The largest absolute Gasteiger partial charge is 0.384 e. The van der Waals surface area contributed by atoms with Gasteiger partial charge in [-0.3, -0.25) is 9.69 Å². The molecule has 2 saturated heterocycles. The molecule has 0 radical (unpaired) electrons. The van der Waals surface area contributed by atoms with E-state index in [-0.39, 0.29) is 5.91 Å². The van der Waals surface area contributed by atoms with Crippen LogP contribution in [0.15, 0.2) is 0 Å². The standard InChI is InChI=1S/C13H25N3O2/c1-18-10-11-2-7-16(8-11)13(17)9-15-5-3-12(14)4-6-15/h11-12H,2-10,14H2,1H3. The molecular formula is C13H25N3O2. The first kappa shape index (κ1) is 13.8. The van der Waals surface area contributed by atoms with E-state index in [0.29, 0.717) is 18.5 Å². The summed E-state index contributed by atoms with van der Waals surface area (Å²) in [5.41, 5.74) is 5.87. The quantitative estimate of drug-likeness (QED) is 0.762. The minimum atomic E-state index is 0.268. The first-order valence-corrected chi connectivity index (χ1v) is 6.93. The molecule has 0 aromatic carbocycles. The van der Waals surface area contributed by atoms with Gasteiger partial charge in [0.25, 0.3) is 0 Å². The molecule has 1 unspecified atom stereocenters. The minimum Gasteiger partial charge on any atom is -0.384 e. The van der Waals surface area contributed by atoms with Gasteiger partial charge in [-0.05, 0) is 19.3 Å². The molecule has 1 atom stereocenters. The Morgan fingerprint density at radius 1 is 1.28 bits per heavy atom. The summed E-state index contributed by atoms with van der Waals surface area (Å²) in [4.78, 5) is 16.4. The lowest BCUT2D eigenvalue weighted by molar-refractivity contribution is -0.131. The molecule has 18 heavy (non-hydrogen) atoms. The highest BCUT2D eigenvalue weighted by Gasteiger charge is 2.27. The number of nitrogens with zero attached hydrogens (tertiary/aromatic N) is 2. The molecule has 104 valence electrons. The number of amides is 1. The van der Waals surface area contributed by atoms with Crippen molar-refractivity contribution in [3.05, 3.63) is 0 Å². The molecule has 2 aliphatic heterocycles. The number of ether oxygens (including phenoxy) is 1. The van der Waals surface area contributed by atoms with Gasteiger partial charge in [0.2, 0.25) is 5.91 Å². The second kappa shape index (κ2) is 6.50. The van der Waals surface area contributed by atoms with Crippen LogP contribution in [0, 0.1) is 5.92 Å². The van der Waals surface area contributed by atoms with Gasteiger partial charge in [-0.15, -0.1) is 0 Å². The maximum absolute atomic E-state index is 12.2. The van der Waals surface area contributed by atoms with Crippen LogP contribution in [0.1, 0.15) is 19.3 Å². The highest BCUT2D eigenvalue weighted by atomic mass is 16.5. The number of hydrogen-bond donors (Lipinski definition) is 1. The van der Waals surface area contributed by atoms with Gasteiger partial charge in [0, 0.05) is 45.2 Å². The summed E-state index contributed by atoms with van der Waals surface area (Å²) in [6, 6.07) is 0.328. The molecule has 0 aromatic rings. The fourth-order valence-corrected chi connectivity index (χ4v) is 2.83. The first-order chi connectivity index (χ1) is 8.69. The van der Waals surface area contributed by atoms with E-state index in [1.54, 1.807) is 7.11 Å². The number of methoxy groups -OCH3 is 1. The second-order valence-corrected chi connectivity index (χ2v) is 5.56. The number of carbonyl (C=O) groups excluding carboxylic acids is 1. The average Bonchev–Trinajstić information content (AvgIpc) is 2.81. The molecule has 2 aliphatic rings. The predicted octanol–water partition coefficient (Wildman–Crippen LogP) is -0.0956. The smallest absolute Gasteiger partial charge is 0.236 e. The molecule has 2 N–H and O–H groups in total. The van der Waals surface area contributed by atoms with Gasteiger partial charge in [0.15, 0.2) is 0 Å². The van der Waals surface area contributed by atoms with Crippen LogP contribution in [0.4, 0.5) is 0 Å². The van der Waals surface area contributed by atoms with E-state index < -0.39 is 0 Å². The van der Waals surface area contributed by atoms with Gasteiger partial charge in [-0.25, -0.2) is 0 Å². The molecule has 0 bridgehead atoms. The average molecular weight is 255 g/mol. The summed E-state index contributed by atoms with van der Waals surface area (Å²) in [7, 11) is 1.72. The van der Waals surface area contributed by atoms with Crippen LogP contribution in [0.25, 0.3) is 0 Å². The Bertz CT molecular complexity index is 277. The highest BCUT2D eigenvalue weighted by Crippen LogP contribution is 2.17. The monoisotopic (exact) mass is 255 g/mol. The molecule has 1 amide bonds. The first-order valence-electron chi connectivity index (χ1n) is 6.93. The number of rotatable bonds is 4. The molecule has 2 rings (SSSR count). The zero-order valence-corrected chi connectivity index (χ0v) is 11.3. The number of hydrogen-bond acceptors (Lipinski definition) is 4. The number of carbonyl (C=O) groups is 1. The van der Waals surface area contributed by atoms with Gasteiger partial charge < -0.3 is 15.4 Å². The van der Waals surface area contributed by atoms with E-state index in [4.69, 9.17) is 10.5 Å². The molecule has 5 heteroatoms. The van der Waals surface area contributed by atoms with Crippen molar-refractivity contribution in [1.29, 1.82) is 0 Å². The number of likely N-dealkylation sites (tertiary alicyclic amines) is 2. The predicted molar refractivity (Wildman–Crippen MR) is 70.2 cm³/mol. The van der Waals surface area contributed by atoms with Gasteiger partial charge in [0.1, 0.15) is 0 Å². The molecule has 0 aliphatic carbocycles. The summed E-state index contributed by atoms with van der Waals surface area (Å²) in [6.07, 6.45) is 3.10. The Hall–Kier alpha value is -0.650. The Labute approximate surface area is 109 Å². The summed E-state index contributed by atoms with van der Waals surface area (Å²) < 4.78 is 5.15. The van der Waals surface area contributed by atoms with E-state index in [9.17, 15) is 4.79 Å². The molecule has 5 nitrogen and oxygen atoms in total. The van der Waals surface area contributed by atoms with Gasteiger partial charge in [-0.2, -0.15) is 0 Å². The maximum atomic E-state index is 12.2. The maximum Gasteiger partial charge on any atom is 0.236 e. The van der Waals surface area contributed by atoms with Crippen LogP contribution in [-0.2, 0) is 9.53 Å². The van der Waals surface area contributed by atoms with Crippen LogP contribution in [0.2, 0.25) is 0 Å². The SMILES string of the molecule is COCC1CCN(C(=O)CN2CCC(N)CC2)C1. The van der Waals surface area contributed by atoms with Crippen molar-refractivity contribution in [1.82, 2.24) is 9.80 Å². The van der Waals surface area contributed by atoms with Crippen LogP contribution in [0.3, 0.4) is 0 Å². The van der Waals surface area contributed by atoms with Crippen molar-refractivity contribution in [2.75, 3.05) is 46.4 Å². The molecule has 0 spiro atoms. The van der Waals surface area contributed by atoms with Crippen molar-refractivity contribution in [3.8, 4) is 0 Å². The van der Waals surface area contributed by atoms with E-state index in [1.165, 1.54) is 0 Å². The minimum absolute atomic E-state index is 0.268. The van der Waals surface area contributed by atoms with Crippen molar-refractivity contribution in [3.63, 3.8) is 0 Å². The zero-order valence-electron chi connectivity index (χ0n) is 11.3. The van der Waals surface area contributed by atoms with Crippen LogP contribution in [0.5, 0.6) is 0 Å². The van der Waals surface area contributed by atoms with Crippen molar-refractivity contribution >= 4 is 5.91 Å². The summed E-state index contributed by atoms with van der Waals surface area (Å²) >= 11 is 0. The Kier molecular flexibility index (Phi) is 4.97. The normalized spacial score (nSPS) is 26.8. The van der Waals surface area contributed by atoms with Crippen LogP contribution >= 0.6 is 0 Å². The molecule has 2 heterocycles. The van der Waals surface area contributed by atoms with E-state index in [2.05, 4.69) is 4.90 Å².